The first kappa shape index (κ1) is 13.0. The number of hydrogen-bond donors (Lipinski definition) is 1. The quantitative estimate of drug-likeness (QED) is 0.857. The van der Waals surface area contributed by atoms with Crippen molar-refractivity contribution in [1.82, 2.24) is 15.5 Å². The zero-order chi connectivity index (χ0) is 14.2. The van der Waals surface area contributed by atoms with E-state index in [1.807, 2.05) is 0 Å². The molecule has 1 aromatic heterocycles. The molecule has 1 heterocycles. The highest BCUT2D eigenvalue weighted by molar-refractivity contribution is 5.42. The molecule has 4 rings (SSSR count). The molecule has 110 valence electrons. The van der Waals surface area contributed by atoms with Crippen molar-refractivity contribution in [2.45, 2.75) is 38.0 Å². The number of fused-ring (bicyclic) bond motifs is 3. The molecule has 4 heteroatoms. The lowest BCUT2D eigenvalue weighted by Gasteiger charge is -2.13. The Hall–Kier alpha value is -1.68. The van der Waals surface area contributed by atoms with E-state index in [1.165, 1.54) is 24.0 Å². The number of rotatable bonds is 5. The predicted molar refractivity (Wildman–Crippen MR) is 80.3 cm³/mol. The van der Waals surface area contributed by atoms with Crippen LogP contribution in [-0.2, 0) is 12.8 Å². The van der Waals surface area contributed by atoms with Gasteiger partial charge in [-0.05, 0) is 42.3 Å². The Morgan fingerprint density at radius 2 is 2.14 bits per heavy atom. The third-order valence-electron chi connectivity index (χ3n) is 4.86. The van der Waals surface area contributed by atoms with Gasteiger partial charge in [-0.1, -0.05) is 31.2 Å². The van der Waals surface area contributed by atoms with Crippen molar-refractivity contribution in [2.24, 2.45) is 5.92 Å². The number of likely N-dealkylation sites (N-methyl/N-ethyl adjacent to an activating group) is 1. The second kappa shape index (κ2) is 5.26. The van der Waals surface area contributed by atoms with Gasteiger partial charge in [-0.25, -0.2) is 0 Å². The largest absolute Gasteiger partial charge is 0.425 e. The van der Waals surface area contributed by atoms with Gasteiger partial charge in [0.15, 0.2) is 0 Å². The fourth-order valence-electron chi connectivity index (χ4n) is 3.78. The first-order valence-electron chi connectivity index (χ1n) is 7.99. The van der Waals surface area contributed by atoms with E-state index in [-0.39, 0.29) is 0 Å². The van der Waals surface area contributed by atoms with Gasteiger partial charge in [-0.3, -0.25) is 0 Å². The minimum atomic E-state index is 0.453. The summed E-state index contributed by atoms with van der Waals surface area (Å²) < 4.78 is 5.90. The molecule has 1 aromatic carbocycles. The molecule has 2 aliphatic rings. The summed E-state index contributed by atoms with van der Waals surface area (Å²) in [6.07, 6.45) is 3.26. The molecule has 0 saturated heterocycles. The molecule has 21 heavy (non-hydrogen) atoms. The van der Waals surface area contributed by atoms with Gasteiger partial charge < -0.3 is 9.73 Å². The van der Waals surface area contributed by atoms with Crippen LogP contribution < -0.4 is 5.32 Å². The molecule has 0 spiro atoms. The van der Waals surface area contributed by atoms with E-state index in [9.17, 15) is 0 Å². The summed E-state index contributed by atoms with van der Waals surface area (Å²) in [6, 6.07) is 8.82. The Kier molecular flexibility index (Phi) is 3.26. The van der Waals surface area contributed by atoms with Crippen LogP contribution in [0.1, 0.15) is 48.1 Å². The summed E-state index contributed by atoms with van der Waals surface area (Å²) in [7, 11) is 0. The third-order valence-corrected chi connectivity index (χ3v) is 4.86. The number of aromatic nitrogens is 2. The second-order valence-electron chi connectivity index (χ2n) is 6.09. The van der Waals surface area contributed by atoms with Crippen molar-refractivity contribution >= 4 is 0 Å². The van der Waals surface area contributed by atoms with E-state index in [0.717, 1.165) is 31.3 Å². The molecular formula is C17H21N3O. The molecule has 2 aliphatic carbocycles. The van der Waals surface area contributed by atoms with E-state index in [4.69, 9.17) is 4.42 Å². The molecule has 3 unspecified atom stereocenters. The van der Waals surface area contributed by atoms with Crippen LogP contribution in [0.15, 0.2) is 28.7 Å². The SMILES string of the molecule is CCNCCc1nnc(C2C3CCc4ccccc4C32)o1. The highest BCUT2D eigenvalue weighted by atomic mass is 16.4. The third kappa shape index (κ3) is 2.27. The van der Waals surface area contributed by atoms with Crippen molar-refractivity contribution in [2.75, 3.05) is 13.1 Å². The zero-order valence-electron chi connectivity index (χ0n) is 12.4. The lowest BCUT2D eigenvalue weighted by atomic mass is 9.92. The summed E-state index contributed by atoms with van der Waals surface area (Å²) >= 11 is 0. The maximum atomic E-state index is 5.90. The summed E-state index contributed by atoms with van der Waals surface area (Å²) in [5.74, 6) is 3.39. The highest BCUT2D eigenvalue weighted by Gasteiger charge is 2.56. The second-order valence-corrected chi connectivity index (χ2v) is 6.09. The summed E-state index contributed by atoms with van der Waals surface area (Å²) in [5.41, 5.74) is 3.01. The Labute approximate surface area is 125 Å². The van der Waals surface area contributed by atoms with Gasteiger partial charge in [0.25, 0.3) is 0 Å². The van der Waals surface area contributed by atoms with Crippen LogP contribution in [0.5, 0.6) is 0 Å². The molecule has 2 aromatic rings. The van der Waals surface area contributed by atoms with E-state index in [0.29, 0.717) is 17.8 Å². The van der Waals surface area contributed by atoms with Crippen LogP contribution in [-0.4, -0.2) is 23.3 Å². The normalized spacial score (nSPS) is 26.2. The van der Waals surface area contributed by atoms with Crippen LogP contribution in [0.2, 0.25) is 0 Å². The molecule has 0 aliphatic heterocycles. The Bertz CT molecular complexity index is 636. The molecule has 1 saturated carbocycles. The van der Waals surface area contributed by atoms with Gasteiger partial charge >= 0.3 is 0 Å². The predicted octanol–water partition coefficient (Wildman–Crippen LogP) is 2.67. The molecule has 0 amide bonds. The summed E-state index contributed by atoms with van der Waals surface area (Å²) in [6.45, 7) is 3.98. The van der Waals surface area contributed by atoms with Gasteiger partial charge in [0.1, 0.15) is 0 Å². The van der Waals surface area contributed by atoms with Crippen molar-refractivity contribution in [3.63, 3.8) is 0 Å². The van der Waals surface area contributed by atoms with Crippen molar-refractivity contribution in [3.8, 4) is 0 Å². The highest BCUT2D eigenvalue weighted by Crippen LogP contribution is 2.64. The molecule has 1 fully saturated rings. The maximum absolute atomic E-state index is 5.90. The number of benzene rings is 1. The average molecular weight is 283 g/mol. The van der Waals surface area contributed by atoms with Gasteiger partial charge in [-0.15, -0.1) is 10.2 Å². The Morgan fingerprint density at radius 1 is 1.24 bits per heavy atom. The zero-order valence-corrected chi connectivity index (χ0v) is 12.4. The van der Waals surface area contributed by atoms with Crippen LogP contribution in [0.3, 0.4) is 0 Å². The molecule has 0 radical (unpaired) electrons. The number of aryl methyl sites for hydroxylation is 1. The minimum Gasteiger partial charge on any atom is -0.425 e. The van der Waals surface area contributed by atoms with Crippen LogP contribution in [0.4, 0.5) is 0 Å². The van der Waals surface area contributed by atoms with Crippen LogP contribution in [0, 0.1) is 5.92 Å². The maximum Gasteiger partial charge on any atom is 0.220 e. The van der Waals surface area contributed by atoms with Crippen molar-refractivity contribution in [1.29, 1.82) is 0 Å². The molecule has 0 bridgehead atoms. The van der Waals surface area contributed by atoms with Crippen LogP contribution >= 0.6 is 0 Å². The smallest absolute Gasteiger partial charge is 0.220 e. The lowest BCUT2D eigenvalue weighted by molar-refractivity contribution is 0.438. The first-order valence-corrected chi connectivity index (χ1v) is 7.99. The van der Waals surface area contributed by atoms with Gasteiger partial charge in [0, 0.05) is 18.9 Å². The average Bonchev–Trinajstić information content (AvgIpc) is 3.09. The summed E-state index contributed by atoms with van der Waals surface area (Å²) in [4.78, 5) is 0. The van der Waals surface area contributed by atoms with E-state index in [2.05, 4.69) is 46.7 Å². The van der Waals surface area contributed by atoms with E-state index in [1.54, 1.807) is 0 Å². The number of nitrogens with one attached hydrogen (secondary N) is 1. The number of nitrogens with zero attached hydrogens (tertiary/aromatic N) is 2. The van der Waals surface area contributed by atoms with Crippen molar-refractivity contribution in [3.05, 3.63) is 47.2 Å². The minimum absolute atomic E-state index is 0.453. The fourth-order valence-corrected chi connectivity index (χ4v) is 3.78. The van der Waals surface area contributed by atoms with E-state index >= 15 is 0 Å². The Morgan fingerprint density at radius 3 is 3.05 bits per heavy atom. The van der Waals surface area contributed by atoms with Gasteiger partial charge in [0.05, 0.1) is 0 Å². The standard InChI is InChI=1S/C17H21N3O/c1-2-18-10-9-14-19-20-17(21-14)16-13-8-7-11-5-3-4-6-12(11)15(13)16/h3-6,13,15-16,18H,2,7-10H2,1H3. The first-order chi connectivity index (χ1) is 10.4. The van der Waals surface area contributed by atoms with E-state index < -0.39 is 0 Å². The van der Waals surface area contributed by atoms with Crippen molar-refractivity contribution < 1.29 is 4.42 Å². The topological polar surface area (TPSA) is 51.0 Å². The molecule has 1 N–H and O–H groups in total. The lowest BCUT2D eigenvalue weighted by Crippen LogP contribution is -2.16. The van der Waals surface area contributed by atoms with Gasteiger partial charge in [0.2, 0.25) is 11.8 Å². The summed E-state index contributed by atoms with van der Waals surface area (Å²) in [5, 5.41) is 11.8. The molecular weight excluding hydrogens is 262 g/mol. The monoisotopic (exact) mass is 283 g/mol. The Balaban J connectivity index is 1.50. The fraction of sp³-hybridized carbons (Fsp3) is 0.529. The molecule has 4 nitrogen and oxygen atoms in total. The molecule has 3 atom stereocenters. The van der Waals surface area contributed by atoms with Crippen LogP contribution in [0.25, 0.3) is 0 Å². The van der Waals surface area contributed by atoms with Gasteiger partial charge in [-0.2, -0.15) is 0 Å². The number of hydrogen-bond acceptors (Lipinski definition) is 4.